The van der Waals surface area contributed by atoms with Crippen molar-refractivity contribution in [2.24, 2.45) is 0 Å². The lowest BCUT2D eigenvalue weighted by Gasteiger charge is -2.28. The molecule has 0 aliphatic rings. The number of anilines is 3. The van der Waals surface area contributed by atoms with E-state index < -0.39 is 0 Å². The van der Waals surface area contributed by atoms with Crippen molar-refractivity contribution in [1.82, 2.24) is 0 Å². The van der Waals surface area contributed by atoms with E-state index in [4.69, 9.17) is 8.83 Å². The molecule has 10 aromatic rings. The summed E-state index contributed by atoms with van der Waals surface area (Å²) < 4.78 is 12.9. The summed E-state index contributed by atoms with van der Waals surface area (Å²) in [5.74, 6) is 0. The Morgan fingerprint density at radius 2 is 0.824 bits per heavy atom. The molecule has 3 nitrogen and oxygen atoms in total. The average Bonchev–Trinajstić information content (AvgIpc) is 3.78. The first-order chi connectivity index (χ1) is 25.3. The molecule has 8 aromatic carbocycles. The van der Waals surface area contributed by atoms with E-state index in [-0.39, 0.29) is 0 Å². The summed E-state index contributed by atoms with van der Waals surface area (Å²) in [5, 5.41) is 4.30. The maximum absolute atomic E-state index is 6.53. The second kappa shape index (κ2) is 11.9. The lowest BCUT2D eigenvalue weighted by Crippen LogP contribution is -2.11. The van der Waals surface area contributed by atoms with E-state index in [1.54, 1.807) is 0 Å². The highest BCUT2D eigenvalue weighted by molar-refractivity contribution is 6.21. The van der Waals surface area contributed by atoms with E-state index in [2.05, 4.69) is 169 Å². The van der Waals surface area contributed by atoms with Gasteiger partial charge in [0.05, 0.1) is 5.69 Å². The minimum Gasteiger partial charge on any atom is -0.452 e. The molecule has 0 unspecified atom stereocenters. The van der Waals surface area contributed by atoms with Crippen LogP contribution < -0.4 is 4.90 Å². The van der Waals surface area contributed by atoms with Crippen molar-refractivity contribution in [3.8, 4) is 33.4 Å². The van der Waals surface area contributed by atoms with Crippen molar-refractivity contribution in [3.63, 3.8) is 0 Å². The van der Waals surface area contributed by atoms with Crippen LogP contribution in [0.3, 0.4) is 0 Å². The lowest BCUT2D eigenvalue weighted by molar-refractivity contribution is 0.633. The van der Waals surface area contributed by atoms with E-state index in [1.807, 2.05) is 24.3 Å². The molecule has 0 saturated carbocycles. The summed E-state index contributed by atoms with van der Waals surface area (Å²) in [7, 11) is 0. The Morgan fingerprint density at radius 3 is 1.59 bits per heavy atom. The highest BCUT2D eigenvalue weighted by Gasteiger charge is 2.20. The largest absolute Gasteiger partial charge is 0.452 e. The van der Waals surface area contributed by atoms with Gasteiger partial charge in [-0.05, 0) is 82.4 Å². The third-order valence-corrected chi connectivity index (χ3v) is 9.91. The second-order valence-electron chi connectivity index (χ2n) is 12.9. The van der Waals surface area contributed by atoms with Gasteiger partial charge in [0.15, 0.2) is 11.2 Å². The van der Waals surface area contributed by atoms with Crippen LogP contribution in [0.5, 0.6) is 0 Å². The van der Waals surface area contributed by atoms with Gasteiger partial charge in [-0.1, -0.05) is 133 Å². The maximum Gasteiger partial charge on any atom is 0.178 e. The van der Waals surface area contributed by atoms with E-state index in [0.717, 1.165) is 72.1 Å². The first kappa shape index (κ1) is 29.1. The zero-order chi connectivity index (χ0) is 33.7. The van der Waals surface area contributed by atoms with Gasteiger partial charge in [0, 0.05) is 38.5 Å². The topological polar surface area (TPSA) is 29.5 Å². The third kappa shape index (κ3) is 4.90. The lowest BCUT2D eigenvalue weighted by atomic mass is 9.98. The van der Waals surface area contributed by atoms with Crippen LogP contribution in [0.1, 0.15) is 0 Å². The molecule has 51 heavy (non-hydrogen) atoms. The number of fused-ring (bicyclic) bond motifs is 7. The minimum absolute atomic E-state index is 0.783. The molecule has 0 saturated heterocycles. The normalized spacial score (nSPS) is 11.5. The highest BCUT2D eigenvalue weighted by atomic mass is 16.4. The fourth-order valence-corrected chi connectivity index (χ4v) is 7.49. The summed E-state index contributed by atoms with van der Waals surface area (Å²) in [6, 6.07) is 66.3. The minimum atomic E-state index is 0.783. The van der Waals surface area contributed by atoms with Crippen LogP contribution in [0, 0.1) is 0 Å². The zero-order valence-electron chi connectivity index (χ0n) is 27.7. The van der Waals surface area contributed by atoms with Gasteiger partial charge in [0.25, 0.3) is 0 Å². The maximum atomic E-state index is 6.53. The molecule has 0 aliphatic heterocycles. The Morgan fingerprint density at radius 1 is 0.314 bits per heavy atom. The van der Waals surface area contributed by atoms with Crippen molar-refractivity contribution in [3.05, 3.63) is 188 Å². The molecule has 2 heterocycles. The summed E-state index contributed by atoms with van der Waals surface area (Å²) >= 11 is 0. The molecule has 10 rings (SSSR count). The predicted molar refractivity (Wildman–Crippen MR) is 212 cm³/mol. The monoisotopic (exact) mass is 653 g/mol. The molecule has 0 spiro atoms. The van der Waals surface area contributed by atoms with Crippen molar-refractivity contribution in [1.29, 1.82) is 0 Å². The molecule has 2 aromatic heterocycles. The van der Waals surface area contributed by atoms with Gasteiger partial charge in [0.2, 0.25) is 0 Å². The fourth-order valence-electron chi connectivity index (χ4n) is 7.49. The van der Waals surface area contributed by atoms with Crippen molar-refractivity contribution >= 4 is 60.9 Å². The summed E-state index contributed by atoms with van der Waals surface area (Å²) in [6.45, 7) is 0. The highest BCUT2D eigenvalue weighted by Crippen LogP contribution is 2.44. The molecule has 0 radical (unpaired) electrons. The van der Waals surface area contributed by atoms with Crippen molar-refractivity contribution in [2.75, 3.05) is 4.90 Å². The molecule has 0 N–H and O–H groups in total. The molecule has 0 atom stereocenters. The number of rotatable bonds is 6. The quantitative estimate of drug-likeness (QED) is 0.179. The zero-order valence-corrected chi connectivity index (χ0v) is 27.7. The van der Waals surface area contributed by atoms with Crippen LogP contribution in [0.2, 0.25) is 0 Å². The SMILES string of the molecule is c1ccc(-c2ccc(N(c3ccc(-c4cccc5oc6c(ccc7c8ccccc8oc76)c45)cc3)c3ccccc3-c3ccccc3)cc2)cc1. The summed E-state index contributed by atoms with van der Waals surface area (Å²) in [6.07, 6.45) is 0. The number of para-hydroxylation sites is 2. The fraction of sp³-hybridized carbons (Fsp3) is 0. The van der Waals surface area contributed by atoms with Gasteiger partial charge in [-0.3, -0.25) is 0 Å². The van der Waals surface area contributed by atoms with Gasteiger partial charge >= 0.3 is 0 Å². The first-order valence-electron chi connectivity index (χ1n) is 17.3. The van der Waals surface area contributed by atoms with Gasteiger partial charge in [-0.25, -0.2) is 0 Å². The number of hydrogen-bond acceptors (Lipinski definition) is 3. The molecule has 0 aliphatic carbocycles. The van der Waals surface area contributed by atoms with E-state index >= 15 is 0 Å². The van der Waals surface area contributed by atoms with Crippen LogP contribution >= 0.6 is 0 Å². The molecule has 0 amide bonds. The van der Waals surface area contributed by atoms with E-state index in [0.29, 0.717) is 0 Å². The second-order valence-corrected chi connectivity index (χ2v) is 12.9. The Kier molecular flexibility index (Phi) is 6.81. The number of nitrogens with zero attached hydrogens (tertiary/aromatic N) is 1. The van der Waals surface area contributed by atoms with Crippen LogP contribution in [-0.4, -0.2) is 0 Å². The third-order valence-electron chi connectivity index (χ3n) is 9.91. The van der Waals surface area contributed by atoms with E-state index in [1.165, 1.54) is 22.3 Å². The number of furan rings is 2. The Hall–Kier alpha value is -6.84. The Labute approximate surface area is 295 Å². The van der Waals surface area contributed by atoms with E-state index in [9.17, 15) is 0 Å². The molecule has 240 valence electrons. The smallest absolute Gasteiger partial charge is 0.178 e. The molecular weight excluding hydrogens is 623 g/mol. The Balaban J connectivity index is 1.10. The van der Waals surface area contributed by atoms with Gasteiger partial charge in [-0.2, -0.15) is 0 Å². The number of benzene rings is 8. The Bertz CT molecular complexity index is 2830. The van der Waals surface area contributed by atoms with Crippen LogP contribution in [0.25, 0.3) is 77.3 Å². The summed E-state index contributed by atoms with van der Waals surface area (Å²) in [4.78, 5) is 2.35. The molecule has 3 heteroatoms. The van der Waals surface area contributed by atoms with Crippen LogP contribution in [-0.2, 0) is 0 Å². The standard InChI is InChI=1S/C48H31NO2/c1-3-12-32(13-4-1)33-22-26-36(27-23-33)49(43-19-9-7-16-38(43)34-14-5-2-6-15-34)37-28-24-35(25-29-37)39-18-11-21-45-46(39)42-31-30-41-40-17-8-10-20-44(40)50-47(41)48(42)51-45/h1-31H. The predicted octanol–water partition coefficient (Wildman–Crippen LogP) is 14.0. The summed E-state index contributed by atoms with van der Waals surface area (Å²) in [5.41, 5.74) is 13.5. The average molecular weight is 654 g/mol. The van der Waals surface area contributed by atoms with Crippen molar-refractivity contribution in [2.45, 2.75) is 0 Å². The molecule has 0 bridgehead atoms. The van der Waals surface area contributed by atoms with Gasteiger partial charge in [-0.15, -0.1) is 0 Å². The van der Waals surface area contributed by atoms with Gasteiger partial charge < -0.3 is 13.7 Å². The van der Waals surface area contributed by atoms with Crippen LogP contribution in [0.4, 0.5) is 17.1 Å². The number of hydrogen-bond donors (Lipinski definition) is 0. The van der Waals surface area contributed by atoms with Crippen LogP contribution in [0.15, 0.2) is 197 Å². The molecular formula is C48H31NO2. The molecule has 0 fully saturated rings. The van der Waals surface area contributed by atoms with Crippen molar-refractivity contribution < 1.29 is 8.83 Å². The van der Waals surface area contributed by atoms with Gasteiger partial charge in [0.1, 0.15) is 11.2 Å². The first-order valence-corrected chi connectivity index (χ1v) is 17.3.